The van der Waals surface area contributed by atoms with E-state index in [1.165, 1.54) is 32.1 Å². The fourth-order valence-electron chi connectivity index (χ4n) is 5.88. The van der Waals surface area contributed by atoms with Crippen LogP contribution >= 0.6 is 0 Å². The quantitative estimate of drug-likeness (QED) is 0.511. The Morgan fingerprint density at radius 2 is 1.71 bits per heavy atom. The second-order valence-electron chi connectivity index (χ2n) is 10.3. The third-order valence-electron chi connectivity index (χ3n) is 8.27. The summed E-state index contributed by atoms with van der Waals surface area (Å²) < 4.78 is 12.6. The monoisotopic (exact) mass is 352 g/mol. The van der Waals surface area contributed by atoms with Crippen LogP contribution in [0.25, 0.3) is 0 Å². The summed E-state index contributed by atoms with van der Waals surface area (Å²) >= 11 is 0. The van der Waals surface area contributed by atoms with Crippen LogP contribution in [0.1, 0.15) is 73.1 Å². The summed E-state index contributed by atoms with van der Waals surface area (Å²) in [5.41, 5.74) is 0.613. The highest BCUT2D eigenvalue weighted by Crippen LogP contribution is 2.72. The van der Waals surface area contributed by atoms with Gasteiger partial charge in [0.15, 0.2) is 8.32 Å². The molecule has 0 aromatic heterocycles. The first-order chi connectivity index (χ1) is 10.9. The molecule has 3 fully saturated rings. The zero-order chi connectivity index (χ0) is 18.0. The second-order valence-corrected chi connectivity index (χ2v) is 15.1. The molecule has 3 rings (SSSR count). The summed E-state index contributed by atoms with van der Waals surface area (Å²) in [5.74, 6) is 0.442. The molecule has 0 aliphatic heterocycles. The van der Waals surface area contributed by atoms with E-state index in [9.17, 15) is 4.79 Å². The summed E-state index contributed by atoms with van der Waals surface area (Å²) in [4.78, 5) is 11.5. The van der Waals surface area contributed by atoms with Crippen LogP contribution in [0.5, 0.6) is 0 Å². The Bertz CT molecular complexity index is 523. The van der Waals surface area contributed by atoms with Gasteiger partial charge in [0.2, 0.25) is 0 Å². The van der Waals surface area contributed by atoms with Crippen LogP contribution in [0.4, 0.5) is 0 Å². The van der Waals surface area contributed by atoms with Gasteiger partial charge in [0.1, 0.15) is 6.10 Å². The van der Waals surface area contributed by atoms with E-state index in [0.717, 1.165) is 6.42 Å². The van der Waals surface area contributed by atoms with Crippen molar-refractivity contribution < 1.29 is 14.0 Å². The van der Waals surface area contributed by atoms with Crippen molar-refractivity contribution in [2.45, 2.75) is 103 Å². The summed E-state index contributed by atoms with van der Waals surface area (Å²) in [6.45, 7) is 15.8. The molecule has 3 aliphatic rings. The van der Waals surface area contributed by atoms with E-state index in [2.05, 4.69) is 40.8 Å². The van der Waals surface area contributed by atoms with Crippen molar-refractivity contribution in [2.75, 3.05) is 0 Å². The molecule has 0 radical (unpaired) electrons. The summed E-state index contributed by atoms with van der Waals surface area (Å²) in [6, 6.07) is 0. The van der Waals surface area contributed by atoms with Gasteiger partial charge in [0.05, 0.1) is 6.10 Å². The molecule has 3 saturated carbocycles. The van der Waals surface area contributed by atoms with Crippen LogP contribution in [-0.2, 0) is 14.0 Å². The van der Waals surface area contributed by atoms with Crippen molar-refractivity contribution in [1.29, 1.82) is 0 Å². The zero-order valence-electron chi connectivity index (χ0n) is 16.7. The molecule has 1 spiro atoms. The van der Waals surface area contributed by atoms with E-state index in [0.29, 0.717) is 17.4 Å². The minimum atomic E-state index is -1.75. The van der Waals surface area contributed by atoms with E-state index >= 15 is 0 Å². The molecule has 5 atom stereocenters. The molecule has 0 bridgehead atoms. The number of ether oxygens (including phenoxy) is 1. The zero-order valence-corrected chi connectivity index (χ0v) is 17.7. The van der Waals surface area contributed by atoms with Gasteiger partial charge in [-0.25, -0.2) is 0 Å². The lowest BCUT2D eigenvalue weighted by Gasteiger charge is -2.46. The Morgan fingerprint density at radius 3 is 2.29 bits per heavy atom. The summed E-state index contributed by atoms with van der Waals surface area (Å²) in [6.07, 6.45) is 7.67. The fraction of sp³-hybridized carbons (Fsp3) is 0.950. The van der Waals surface area contributed by atoms with Crippen LogP contribution < -0.4 is 0 Å². The van der Waals surface area contributed by atoms with E-state index in [4.69, 9.17) is 9.16 Å². The van der Waals surface area contributed by atoms with Crippen molar-refractivity contribution in [3.63, 3.8) is 0 Å². The molecule has 24 heavy (non-hydrogen) atoms. The van der Waals surface area contributed by atoms with Crippen LogP contribution in [-0.4, -0.2) is 26.5 Å². The number of hydrogen-bond acceptors (Lipinski definition) is 3. The molecule has 138 valence electrons. The summed E-state index contributed by atoms with van der Waals surface area (Å²) in [7, 11) is -1.75. The Balaban J connectivity index is 1.82. The molecule has 0 aromatic carbocycles. The van der Waals surface area contributed by atoms with Crippen LogP contribution in [0.3, 0.4) is 0 Å². The molecule has 0 heterocycles. The third kappa shape index (κ3) is 2.51. The maximum absolute atomic E-state index is 11.5. The van der Waals surface area contributed by atoms with Gasteiger partial charge >= 0.3 is 5.97 Å². The van der Waals surface area contributed by atoms with Crippen molar-refractivity contribution in [2.24, 2.45) is 16.7 Å². The van der Waals surface area contributed by atoms with E-state index in [-0.39, 0.29) is 22.5 Å². The SMILES string of the molecule is CC(=O)O[C@H]1CC[C@@]23CC[C@H](O[Si](C)(C)C(C)(C)C)[C@]2(C)CC[C@@H]13. The Labute approximate surface area is 149 Å². The fourth-order valence-corrected chi connectivity index (χ4v) is 7.32. The highest BCUT2D eigenvalue weighted by Gasteiger charge is 2.69. The van der Waals surface area contributed by atoms with Crippen molar-refractivity contribution in [3.05, 3.63) is 0 Å². The Kier molecular flexibility index (Phi) is 4.28. The molecule has 3 aliphatic carbocycles. The van der Waals surface area contributed by atoms with Gasteiger partial charge in [-0.3, -0.25) is 4.79 Å². The van der Waals surface area contributed by atoms with E-state index < -0.39 is 8.32 Å². The molecule has 3 nitrogen and oxygen atoms in total. The number of rotatable bonds is 3. The lowest BCUT2D eigenvalue weighted by Crippen LogP contribution is -2.49. The van der Waals surface area contributed by atoms with Gasteiger partial charge < -0.3 is 9.16 Å². The predicted molar refractivity (Wildman–Crippen MR) is 99.4 cm³/mol. The van der Waals surface area contributed by atoms with E-state index in [1.54, 1.807) is 6.92 Å². The van der Waals surface area contributed by atoms with Gasteiger partial charge in [0, 0.05) is 12.8 Å². The summed E-state index contributed by atoms with van der Waals surface area (Å²) in [5, 5.41) is 0.257. The predicted octanol–water partition coefficient (Wildman–Crippen LogP) is 5.30. The first-order valence-electron chi connectivity index (χ1n) is 9.78. The minimum Gasteiger partial charge on any atom is -0.462 e. The molecule has 0 amide bonds. The first kappa shape index (κ1) is 18.4. The first-order valence-corrected chi connectivity index (χ1v) is 12.7. The highest BCUT2D eigenvalue weighted by atomic mass is 28.4. The average Bonchev–Trinajstić information content (AvgIpc) is 2.99. The molecular weight excluding hydrogens is 316 g/mol. The smallest absolute Gasteiger partial charge is 0.302 e. The Morgan fingerprint density at radius 1 is 1.08 bits per heavy atom. The maximum atomic E-state index is 11.5. The second kappa shape index (κ2) is 5.57. The molecule has 0 N–H and O–H groups in total. The Hall–Kier alpha value is -0.353. The van der Waals surface area contributed by atoms with Gasteiger partial charge in [-0.15, -0.1) is 0 Å². The molecule has 0 saturated heterocycles. The average molecular weight is 353 g/mol. The normalized spacial score (nSPS) is 42.0. The molecule has 0 aromatic rings. The molecular formula is C20H36O3Si. The number of carbonyl (C=O) groups excluding carboxylic acids is 1. The lowest BCUT2D eigenvalue weighted by atomic mass is 9.66. The number of hydrogen-bond donors (Lipinski definition) is 0. The van der Waals surface area contributed by atoms with Crippen LogP contribution in [0.2, 0.25) is 18.1 Å². The van der Waals surface area contributed by atoms with Crippen LogP contribution in [0.15, 0.2) is 0 Å². The van der Waals surface area contributed by atoms with Gasteiger partial charge in [0.25, 0.3) is 0 Å². The van der Waals surface area contributed by atoms with Crippen molar-refractivity contribution in [1.82, 2.24) is 0 Å². The highest BCUT2D eigenvalue weighted by molar-refractivity contribution is 6.74. The maximum Gasteiger partial charge on any atom is 0.302 e. The molecule has 0 unspecified atom stereocenters. The van der Waals surface area contributed by atoms with Gasteiger partial charge in [-0.1, -0.05) is 27.7 Å². The van der Waals surface area contributed by atoms with Gasteiger partial charge in [-0.2, -0.15) is 0 Å². The minimum absolute atomic E-state index is 0.113. The number of carbonyl (C=O) groups is 1. The molecule has 4 heteroatoms. The van der Waals surface area contributed by atoms with Crippen molar-refractivity contribution >= 4 is 14.3 Å². The third-order valence-corrected chi connectivity index (χ3v) is 12.8. The number of esters is 1. The van der Waals surface area contributed by atoms with Crippen LogP contribution in [0, 0.1) is 16.7 Å². The van der Waals surface area contributed by atoms with E-state index in [1.807, 2.05) is 0 Å². The van der Waals surface area contributed by atoms with Gasteiger partial charge in [-0.05, 0) is 67.5 Å². The topological polar surface area (TPSA) is 35.5 Å². The standard InChI is InChI=1S/C20H36O3Si/c1-14(21)22-16-9-12-20-13-10-17(19(20,5)11-8-15(16)20)23-24(6,7)18(2,3)4/h15-17H,8-13H2,1-7H3/t15-,16-,17-,19-,20-/m0/s1. The lowest BCUT2D eigenvalue weighted by molar-refractivity contribution is -0.149. The largest absolute Gasteiger partial charge is 0.462 e. The van der Waals surface area contributed by atoms with Crippen molar-refractivity contribution in [3.8, 4) is 0 Å².